The molecule has 0 N–H and O–H groups in total. The van der Waals surface area contributed by atoms with Gasteiger partial charge in [-0.25, -0.2) is 13.4 Å². The van der Waals surface area contributed by atoms with Gasteiger partial charge in [-0.15, -0.1) is 0 Å². The Morgan fingerprint density at radius 2 is 2.11 bits per heavy atom. The molecule has 1 aliphatic rings. The van der Waals surface area contributed by atoms with Gasteiger partial charge >= 0.3 is 6.18 Å². The lowest BCUT2D eigenvalue weighted by atomic mass is 10.6. The van der Waals surface area contributed by atoms with Crippen molar-refractivity contribution >= 4 is 33.0 Å². The maximum atomic E-state index is 12.4. The summed E-state index contributed by atoms with van der Waals surface area (Å²) in [6, 6.07) is -0.572. The van der Waals surface area contributed by atoms with Crippen molar-refractivity contribution in [2.45, 2.75) is 29.3 Å². The lowest BCUT2D eigenvalue weighted by Crippen LogP contribution is -2.40. The fraction of sp³-hybridized carbons (Fsp3) is 0.625. The van der Waals surface area contributed by atoms with E-state index in [1.54, 1.807) is 0 Å². The highest BCUT2D eigenvalue weighted by atomic mass is 35.5. The minimum atomic E-state index is -4.57. The van der Waals surface area contributed by atoms with Gasteiger partial charge in [0.2, 0.25) is 0 Å². The van der Waals surface area contributed by atoms with Crippen LogP contribution >= 0.6 is 22.9 Å². The average Bonchev–Trinajstić information content (AvgIpc) is 2.95. The van der Waals surface area contributed by atoms with Crippen LogP contribution in [0.2, 0.25) is 4.47 Å². The van der Waals surface area contributed by atoms with E-state index < -0.39 is 28.8 Å². The summed E-state index contributed by atoms with van der Waals surface area (Å²) in [7, 11) is -4.17. The first-order valence-corrected chi connectivity index (χ1v) is 7.53. The molecule has 1 saturated carbocycles. The molecule has 0 unspecified atom stereocenters. The zero-order valence-corrected chi connectivity index (χ0v) is 11.2. The molecule has 0 spiro atoms. The molecule has 1 fully saturated rings. The zero-order chi connectivity index (χ0) is 13.6. The van der Waals surface area contributed by atoms with Crippen LogP contribution in [0.25, 0.3) is 0 Å². The average molecular weight is 321 g/mol. The van der Waals surface area contributed by atoms with Crippen LogP contribution in [0.1, 0.15) is 12.8 Å². The van der Waals surface area contributed by atoms with Crippen LogP contribution in [0, 0.1) is 0 Å². The largest absolute Gasteiger partial charge is 0.402 e. The summed E-state index contributed by atoms with van der Waals surface area (Å²) in [5, 5.41) is 0. The van der Waals surface area contributed by atoms with E-state index in [9.17, 15) is 21.6 Å². The molecule has 0 radical (unpaired) electrons. The predicted octanol–water partition coefficient (Wildman–Crippen LogP) is 2.51. The summed E-state index contributed by atoms with van der Waals surface area (Å²) in [5.74, 6) is 0. The highest BCUT2D eigenvalue weighted by molar-refractivity contribution is 7.91. The molecule has 0 saturated heterocycles. The van der Waals surface area contributed by atoms with E-state index in [2.05, 4.69) is 4.98 Å². The van der Waals surface area contributed by atoms with Crippen molar-refractivity contribution in [1.29, 1.82) is 0 Å². The Bertz CT molecular complexity index is 539. The second-order valence-electron chi connectivity index (χ2n) is 3.83. The van der Waals surface area contributed by atoms with E-state index >= 15 is 0 Å². The van der Waals surface area contributed by atoms with Crippen molar-refractivity contribution in [2.75, 3.05) is 6.54 Å². The van der Waals surface area contributed by atoms with Crippen molar-refractivity contribution in [2.24, 2.45) is 0 Å². The lowest BCUT2D eigenvalue weighted by Gasteiger charge is -2.21. The van der Waals surface area contributed by atoms with Crippen LogP contribution in [0.5, 0.6) is 0 Å². The Labute approximate surface area is 110 Å². The minimum Gasteiger partial charge on any atom is -0.232 e. The van der Waals surface area contributed by atoms with Crippen molar-refractivity contribution in [3.63, 3.8) is 0 Å². The third-order valence-corrected chi connectivity index (χ3v) is 5.76. The number of alkyl halides is 3. The maximum absolute atomic E-state index is 12.4. The summed E-state index contributed by atoms with van der Waals surface area (Å²) in [5.41, 5.74) is 0. The highest BCUT2D eigenvalue weighted by Crippen LogP contribution is 2.36. The van der Waals surface area contributed by atoms with E-state index in [4.69, 9.17) is 11.6 Å². The van der Waals surface area contributed by atoms with Crippen molar-refractivity contribution in [3.05, 3.63) is 10.7 Å². The van der Waals surface area contributed by atoms with Gasteiger partial charge in [0.25, 0.3) is 10.0 Å². The third kappa shape index (κ3) is 3.14. The number of rotatable bonds is 4. The highest BCUT2D eigenvalue weighted by Gasteiger charge is 2.45. The molecule has 1 heterocycles. The van der Waals surface area contributed by atoms with Gasteiger partial charge in [-0.1, -0.05) is 22.9 Å². The first kappa shape index (κ1) is 14.0. The summed E-state index contributed by atoms with van der Waals surface area (Å²) >= 11 is 6.15. The monoisotopic (exact) mass is 320 g/mol. The van der Waals surface area contributed by atoms with Crippen LogP contribution < -0.4 is 0 Å². The molecule has 0 bridgehead atoms. The number of nitrogens with zero attached hydrogens (tertiary/aromatic N) is 2. The molecule has 102 valence electrons. The zero-order valence-electron chi connectivity index (χ0n) is 8.82. The standard InChI is InChI=1S/C8H8ClF3N2O2S2/c9-7-13-3-6(17-7)18(15,16)14(5-1-2-5)4-8(10,11)12/h3,5H,1-2,4H2. The number of hydrogen-bond donors (Lipinski definition) is 0. The number of aromatic nitrogens is 1. The van der Waals surface area contributed by atoms with Crippen LogP contribution in [-0.2, 0) is 10.0 Å². The van der Waals surface area contributed by atoms with Gasteiger partial charge in [-0.2, -0.15) is 17.5 Å². The Hall–Kier alpha value is -0.380. The maximum Gasteiger partial charge on any atom is 0.402 e. The normalized spacial score (nSPS) is 17.4. The van der Waals surface area contributed by atoms with E-state index in [0.717, 1.165) is 6.20 Å². The molecule has 0 atom stereocenters. The van der Waals surface area contributed by atoms with Crippen LogP contribution in [0.4, 0.5) is 13.2 Å². The van der Waals surface area contributed by atoms with E-state index in [1.807, 2.05) is 0 Å². The molecular weight excluding hydrogens is 313 g/mol. The SMILES string of the molecule is O=S(=O)(c1cnc(Cl)s1)N(CC(F)(F)F)C1CC1. The van der Waals surface area contributed by atoms with E-state index in [1.165, 1.54) is 0 Å². The number of thiazole rings is 1. The number of sulfonamides is 1. The lowest BCUT2D eigenvalue weighted by molar-refractivity contribution is -0.136. The molecule has 18 heavy (non-hydrogen) atoms. The summed E-state index contributed by atoms with van der Waals surface area (Å²) in [4.78, 5) is 3.54. The Morgan fingerprint density at radius 1 is 1.50 bits per heavy atom. The number of halogens is 4. The molecule has 1 aromatic heterocycles. The quantitative estimate of drug-likeness (QED) is 0.856. The fourth-order valence-electron chi connectivity index (χ4n) is 1.42. The Balaban J connectivity index is 2.30. The van der Waals surface area contributed by atoms with Gasteiger partial charge in [0.05, 0.1) is 6.20 Å². The Morgan fingerprint density at radius 3 is 2.50 bits per heavy atom. The minimum absolute atomic E-state index is 0.0173. The number of hydrogen-bond acceptors (Lipinski definition) is 4. The molecule has 0 amide bonds. The topological polar surface area (TPSA) is 50.3 Å². The van der Waals surface area contributed by atoms with Crippen molar-refractivity contribution in [1.82, 2.24) is 9.29 Å². The molecule has 0 aliphatic heterocycles. The smallest absolute Gasteiger partial charge is 0.232 e. The van der Waals surface area contributed by atoms with Gasteiger partial charge in [0.15, 0.2) is 8.68 Å². The molecule has 10 heteroatoms. The summed E-state index contributed by atoms with van der Waals surface area (Å²) < 4.78 is 61.5. The van der Waals surface area contributed by atoms with Crippen LogP contribution in [-0.4, -0.2) is 36.5 Å². The van der Waals surface area contributed by atoms with Gasteiger partial charge < -0.3 is 0 Å². The van der Waals surface area contributed by atoms with Crippen LogP contribution in [0.3, 0.4) is 0 Å². The van der Waals surface area contributed by atoms with Crippen molar-refractivity contribution in [3.8, 4) is 0 Å². The van der Waals surface area contributed by atoms with Crippen molar-refractivity contribution < 1.29 is 21.6 Å². The third-order valence-electron chi connectivity index (χ3n) is 2.31. The second-order valence-corrected chi connectivity index (χ2v) is 7.56. The van der Waals surface area contributed by atoms with Gasteiger partial charge in [-0.3, -0.25) is 0 Å². The fourth-order valence-corrected chi connectivity index (χ4v) is 4.52. The molecular formula is C8H8ClF3N2O2S2. The van der Waals surface area contributed by atoms with Gasteiger partial charge in [0.1, 0.15) is 6.54 Å². The molecule has 0 aromatic carbocycles. The van der Waals surface area contributed by atoms with Crippen LogP contribution in [0.15, 0.2) is 10.4 Å². The molecule has 4 nitrogen and oxygen atoms in total. The predicted molar refractivity (Wildman–Crippen MR) is 60.1 cm³/mol. The molecule has 1 aliphatic carbocycles. The summed E-state index contributed by atoms with van der Waals surface area (Å²) in [6.07, 6.45) is -2.69. The molecule has 1 aromatic rings. The Kier molecular flexibility index (Phi) is 3.60. The summed E-state index contributed by atoms with van der Waals surface area (Å²) in [6.45, 7) is -1.48. The van der Waals surface area contributed by atoms with E-state index in [0.29, 0.717) is 28.5 Å². The first-order chi connectivity index (χ1) is 8.20. The van der Waals surface area contributed by atoms with Gasteiger partial charge in [0, 0.05) is 6.04 Å². The second kappa shape index (κ2) is 4.62. The molecule has 2 rings (SSSR count). The first-order valence-electron chi connectivity index (χ1n) is 4.90. The van der Waals surface area contributed by atoms with Gasteiger partial charge in [-0.05, 0) is 12.8 Å². The van der Waals surface area contributed by atoms with E-state index in [-0.39, 0.29) is 8.68 Å².